The van der Waals surface area contributed by atoms with Gasteiger partial charge in [-0.05, 0) is 35.4 Å². The van der Waals surface area contributed by atoms with Gasteiger partial charge in [0.05, 0.1) is 6.20 Å². The summed E-state index contributed by atoms with van der Waals surface area (Å²) in [7, 11) is 0. The lowest BCUT2D eigenvalue weighted by Gasteiger charge is -2.15. The molecule has 0 aliphatic rings. The summed E-state index contributed by atoms with van der Waals surface area (Å²) in [5.74, 6) is 0.0529. The van der Waals surface area contributed by atoms with Crippen molar-refractivity contribution in [3.63, 3.8) is 0 Å². The number of pyridine rings is 2. The van der Waals surface area contributed by atoms with Crippen LogP contribution in [0.15, 0.2) is 67.1 Å². The van der Waals surface area contributed by atoms with E-state index in [0.29, 0.717) is 11.3 Å². The van der Waals surface area contributed by atoms with E-state index in [4.69, 9.17) is 4.74 Å². The van der Waals surface area contributed by atoms with Gasteiger partial charge in [-0.2, -0.15) is 13.2 Å². The Hall–Kier alpha value is -3.46. The highest BCUT2D eigenvalue weighted by Crippen LogP contribution is 2.32. The third-order valence-corrected chi connectivity index (χ3v) is 3.92. The second-order valence-electron chi connectivity index (χ2n) is 6.02. The van der Waals surface area contributed by atoms with Crippen LogP contribution in [-0.2, 0) is 6.54 Å². The molecule has 0 aliphatic heterocycles. The first-order valence-electron chi connectivity index (χ1n) is 8.49. The molecule has 9 heteroatoms. The standard InChI is InChI=1S/C20H16F3N3O3/c21-20(22,23)17(27)14-7-5-13(6-8-14)11-26-18(28)16-4-2-10-25-19(16)29-15-3-1-9-24-12-15/h1-10,12,17,27H,11H2,(H,26,28). The van der Waals surface area contributed by atoms with Gasteiger partial charge in [0.15, 0.2) is 6.10 Å². The summed E-state index contributed by atoms with van der Waals surface area (Å²) in [5.41, 5.74) is 0.488. The van der Waals surface area contributed by atoms with E-state index in [1.807, 2.05) is 0 Å². The molecule has 29 heavy (non-hydrogen) atoms. The zero-order chi connectivity index (χ0) is 20.9. The molecule has 0 saturated heterocycles. The van der Waals surface area contributed by atoms with Gasteiger partial charge in [0.1, 0.15) is 11.3 Å². The van der Waals surface area contributed by atoms with Gasteiger partial charge >= 0.3 is 6.18 Å². The molecule has 0 bridgehead atoms. The summed E-state index contributed by atoms with van der Waals surface area (Å²) in [4.78, 5) is 20.5. The van der Waals surface area contributed by atoms with Crippen LogP contribution >= 0.6 is 0 Å². The van der Waals surface area contributed by atoms with Gasteiger partial charge in [0.2, 0.25) is 5.88 Å². The number of carbonyl (C=O) groups is 1. The molecule has 1 atom stereocenters. The molecule has 0 spiro atoms. The van der Waals surface area contributed by atoms with Crippen LogP contribution < -0.4 is 10.1 Å². The molecular formula is C20H16F3N3O3. The maximum atomic E-state index is 12.5. The Labute approximate surface area is 164 Å². The van der Waals surface area contributed by atoms with E-state index in [2.05, 4.69) is 15.3 Å². The normalized spacial score (nSPS) is 12.3. The number of aliphatic hydroxyl groups excluding tert-OH is 1. The SMILES string of the molecule is O=C(NCc1ccc(C(O)C(F)(F)F)cc1)c1cccnc1Oc1cccnc1. The van der Waals surface area contributed by atoms with Crippen LogP contribution in [-0.4, -0.2) is 27.2 Å². The Balaban J connectivity index is 1.66. The van der Waals surface area contributed by atoms with Crippen LogP contribution in [0.1, 0.15) is 27.6 Å². The van der Waals surface area contributed by atoms with Crippen LogP contribution in [0.4, 0.5) is 13.2 Å². The van der Waals surface area contributed by atoms with E-state index >= 15 is 0 Å². The van der Waals surface area contributed by atoms with E-state index in [-0.39, 0.29) is 23.6 Å². The number of aromatic nitrogens is 2. The van der Waals surface area contributed by atoms with Crippen LogP contribution in [0.2, 0.25) is 0 Å². The number of benzene rings is 1. The smallest absolute Gasteiger partial charge is 0.418 e. The lowest BCUT2D eigenvalue weighted by Crippen LogP contribution is -2.23. The highest BCUT2D eigenvalue weighted by Gasteiger charge is 2.39. The molecule has 2 N–H and O–H groups in total. The van der Waals surface area contributed by atoms with Gasteiger partial charge in [0, 0.05) is 18.9 Å². The fourth-order valence-electron chi connectivity index (χ4n) is 2.45. The van der Waals surface area contributed by atoms with Crippen molar-refractivity contribution in [2.24, 2.45) is 0 Å². The van der Waals surface area contributed by atoms with Gasteiger partial charge in [0.25, 0.3) is 5.91 Å². The van der Waals surface area contributed by atoms with Crippen molar-refractivity contribution in [1.82, 2.24) is 15.3 Å². The Bertz CT molecular complexity index is 964. The van der Waals surface area contributed by atoms with Gasteiger partial charge < -0.3 is 15.2 Å². The van der Waals surface area contributed by atoms with Crippen LogP contribution in [0.5, 0.6) is 11.6 Å². The molecule has 0 aliphatic carbocycles. The number of aliphatic hydroxyl groups is 1. The Kier molecular flexibility index (Phi) is 6.08. The van der Waals surface area contributed by atoms with Crippen molar-refractivity contribution < 1.29 is 27.8 Å². The fourth-order valence-corrected chi connectivity index (χ4v) is 2.45. The number of nitrogens with one attached hydrogen (secondary N) is 1. The maximum Gasteiger partial charge on any atom is 0.418 e. The van der Waals surface area contributed by atoms with Crippen molar-refractivity contribution in [1.29, 1.82) is 0 Å². The van der Waals surface area contributed by atoms with Crippen molar-refractivity contribution in [3.05, 3.63) is 83.8 Å². The summed E-state index contributed by atoms with van der Waals surface area (Å²) in [5, 5.41) is 11.9. The molecule has 1 unspecified atom stereocenters. The number of hydrogen-bond donors (Lipinski definition) is 2. The van der Waals surface area contributed by atoms with Gasteiger partial charge in [-0.3, -0.25) is 9.78 Å². The Morgan fingerprint density at radius 3 is 2.48 bits per heavy atom. The molecule has 1 amide bonds. The molecule has 3 rings (SSSR count). The number of halogens is 3. The molecule has 3 aromatic rings. The van der Waals surface area contributed by atoms with Crippen LogP contribution in [0.3, 0.4) is 0 Å². The highest BCUT2D eigenvalue weighted by atomic mass is 19.4. The summed E-state index contributed by atoms with van der Waals surface area (Å²) in [6, 6.07) is 11.6. The average Bonchev–Trinajstić information content (AvgIpc) is 2.72. The number of rotatable bonds is 6. The number of hydrogen-bond acceptors (Lipinski definition) is 5. The molecule has 0 radical (unpaired) electrons. The quantitative estimate of drug-likeness (QED) is 0.654. The fraction of sp³-hybridized carbons (Fsp3) is 0.150. The largest absolute Gasteiger partial charge is 0.437 e. The molecule has 150 valence electrons. The number of amides is 1. The monoisotopic (exact) mass is 403 g/mol. The molecule has 1 aromatic carbocycles. The van der Waals surface area contributed by atoms with Gasteiger partial charge in [-0.15, -0.1) is 0 Å². The predicted molar refractivity (Wildman–Crippen MR) is 97.2 cm³/mol. The highest BCUT2D eigenvalue weighted by molar-refractivity contribution is 5.96. The third kappa shape index (κ3) is 5.29. The van der Waals surface area contributed by atoms with Crippen LogP contribution in [0, 0.1) is 0 Å². The lowest BCUT2D eigenvalue weighted by molar-refractivity contribution is -0.206. The van der Waals surface area contributed by atoms with Crippen LogP contribution in [0.25, 0.3) is 0 Å². The van der Waals surface area contributed by atoms with Crippen molar-refractivity contribution in [2.75, 3.05) is 0 Å². The number of nitrogens with zero attached hydrogens (tertiary/aromatic N) is 2. The average molecular weight is 403 g/mol. The van der Waals surface area contributed by atoms with Gasteiger partial charge in [-0.1, -0.05) is 24.3 Å². The maximum absolute atomic E-state index is 12.5. The number of ether oxygens (including phenoxy) is 1. The second-order valence-corrected chi connectivity index (χ2v) is 6.02. The number of alkyl halides is 3. The van der Waals surface area contributed by atoms with Crippen molar-refractivity contribution in [2.45, 2.75) is 18.8 Å². The molecule has 0 saturated carbocycles. The molecule has 6 nitrogen and oxygen atoms in total. The van der Waals surface area contributed by atoms with E-state index in [1.54, 1.807) is 24.4 Å². The second kappa shape index (κ2) is 8.70. The summed E-state index contributed by atoms with van der Waals surface area (Å²) in [6.45, 7) is 0.0719. The van der Waals surface area contributed by atoms with E-state index < -0.39 is 18.2 Å². The molecule has 2 heterocycles. The molecule has 0 fully saturated rings. The summed E-state index contributed by atoms with van der Waals surface area (Å²) < 4.78 is 43.2. The zero-order valence-electron chi connectivity index (χ0n) is 14.9. The Morgan fingerprint density at radius 1 is 1.10 bits per heavy atom. The Morgan fingerprint density at radius 2 is 1.83 bits per heavy atom. The third-order valence-electron chi connectivity index (χ3n) is 3.92. The first-order valence-corrected chi connectivity index (χ1v) is 8.49. The minimum atomic E-state index is -4.74. The van der Waals surface area contributed by atoms with E-state index in [9.17, 15) is 23.1 Å². The molecular weight excluding hydrogens is 387 g/mol. The lowest BCUT2D eigenvalue weighted by atomic mass is 10.1. The summed E-state index contributed by atoms with van der Waals surface area (Å²) >= 11 is 0. The number of carbonyl (C=O) groups excluding carboxylic acids is 1. The van der Waals surface area contributed by atoms with E-state index in [1.165, 1.54) is 42.7 Å². The topological polar surface area (TPSA) is 84.3 Å². The summed E-state index contributed by atoms with van der Waals surface area (Å²) in [6.07, 6.45) is -2.74. The molecule has 2 aromatic heterocycles. The van der Waals surface area contributed by atoms with Gasteiger partial charge in [-0.25, -0.2) is 4.98 Å². The first-order chi connectivity index (χ1) is 13.8. The predicted octanol–water partition coefficient (Wildman–Crippen LogP) is 3.79. The minimum absolute atomic E-state index is 0.0719. The van der Waals surface area contributed by atoms with Crippen molar-refractivity contribution in [3.8, 4) is 11.6 Å². The van der Waals surface area contributed by atoms with E-state index in [0.717, 1.165) is 0 Å². The zero-order valence-corrected chi connectivity index (χ0v) is 14.9. The van der Waals surface area contributed by atoms with Crippen molar-refractivity contribution >= 4 is 5.91 Å². The minimum Gasteiger partial charge on any atom is -0.437 e. The first kappa shape index (κ1) is 20.3.